The van der Waals surface area contributed by atoms with Crippen LogP contribution in [0.2, 0.25) is 0 Å². The molecule has 0 aliphatic rings. The molecule has 0 amide bonds. The summed E-state index contributed by atoms with van der Waals surface area (Å²) in [6, 6.07) is 7.80. The number of ether oxygens (including phenoxy) is 1. The van der Waals surface area contributed by atoms with Crippen LogP contribution in [0.5, 0.6) is 5.75 Å². The van der Waals surface area contributed by atoms with E-state index in [0.717, 1.165) is 17.9 Å². The summed E-state index contributed by atoms with van der Waals surface area (Å²) in [6.07, 6.45) is 0. The molecule has 0 saturated heterocycles. The van der Waals surface area contributed by atoms with E-state index in [4.69, 9.17) is 4.74 Å². The second kappa shape index (κ2) is 5.35. The number of Topliss-reactive ketones (excluding diaryl/α,β-unsaturated/α-hetero) is 1. The molecular weight excluding hydrogens is 212 g/mol. The summed E-state index contributed by atoms with van der Waals surface area (Å²) in [5.74, 6) is 1.55. The predicted molar refractivity (Wildman–Crippen MR) is 70.5 cm³/mol. The van der Waals surface area contributed by atoms with Crippen LogP contribution < -0.4 is 4.74 Å². The van der Waals surface area contributed by atoms with Crippen molar-refractivity contribution in [1.82, 2.24) is 0 Å². The molecular formula is C15H22O2. The Kier molecular flexibility index (Phi) is 4.33. The molecule has 0 N–H and O–H groups in total. The van der Waals surface area contributed by atoms with Crippen molar-refractivity contribution in [3.05, 3.63) is 29.8 Å². The smallest absolute Gasteiger partial charge is 0.139 e. The van der Waals surface area contributed by atoms with Crippen LogP contribution in [0.15, 0.2) is 24.3 Å². The minimum atomic E-state index is -0.420. The van der Waals surface area contributed by atoms with Gasteiger partial charge in [0.25, 0.3) is 0 Å². The average molecular weight is 234 g/mol. The van der Waals surface area contributed by atoms with Gasteiger partial charge < -0.3 is 4.74 Å². The Balaban J connectivity index is 2.78. The fourth-order valence-electron chi connectivity index (χ4n) is 1.43. The van der Waals surface area contributed by atoms with Gasteiger partial charge in [-0.15, -0.1) is 0 Å². The highest BCUT2D eigenvalue weighted by Gasteiger charge is 2.25. The molecule has 0 fully saturated rings. The summed E-state index contributed by atoms with van der Waals surface area (Å²) in [5, 5.41) is 0. The highest BCUT2D eigenvalue weighted by atomic mass is 16.5. The molecule has 0 radical (unpaired) electrons. The largest absolute Gasteiger partial charge is 0.493 e. The summed E-state index contributed by atoms with van der Waals surface area (Å²) in [5.41, 5.74) is 0.609. The minimum Gasteiger partial charge on any atom is -0.493 e. The van der Waals surface area contributed by atoms with E-state index in [1.165, 1.54) is 0 Å². The van der Waals surface area contributed by atoms with Gasteiger partial charge in [-0.05, 0) is 44.4 Å². The molecule has 0 saturated carbocycles. The molecule has 2 nitrogen and oxygen atoms in total. The molecule has 0 atom stereocenters. The third-order valence-corrected chi connectivity index (χ3v) is 3.04. The first-order valence-electron chi connectivity index (χ1n) is 6.08. The van der Waals surface area contributed by atoms with Gasteiger partial charge in [-0.2, -0.15) is 0 Å². The van der Waals surface area contributed by atoms with Gasteiger partial charge in [-0.1, -0.05) is 26.0 Å². The van der Waals surface area contributed by atoms with E-state index in [1.54, 1.807) is 6.92 Å². The van der Waals surface area contributed by atoms with E-state index in [1.807, 2.05) is 38.1 Å². The fourth-order valence-corrected chi connectivity index (χ4v) is 1.43. The van der Waals surface area contributed by atoms with Crippen LogP contribution in [0.4, 0.5) is 0 Å². The van der Waals surface area contributed by atoms with E-state index >= 15 is 0 Å². The second-order valence-corrected chi connectivity index (χ2v) is 5.41. The van der Waals surface area contributed by atoms with E-state index in [2.05, 4.69) is 13.8 Å². The highest BCUT2D eigenvalue weighted by Crippen LogP contribution is 2.26. The number of carbonyl (C=O) groups excluding carboxylic acids is 1. The van der Waals surface area contributed by atoms with Crippen LogP contribution >= 0.6 is 0 Å². The van der Waals surface area contributed by atoms with Gasteiger partial charge in [-0.25, -0.2) is 0 Å². The normalized spacial score (nSPS) is 11.6. The number of carbonyl (C=O) groups is 1. The van der Waals surface area contributed by atoms with Crippen molar-refractivity contribution in [2.75, 3.05) is 6.61 Å². The van der Waals surface area contributed by atoms with Crippen LogP contribution in [0.25, 0.3) is 0 Å². The van der Waals surface area contributed by atoms with Crippen molar-refractivity contribution in [3.8, 4) is 5.75 Å². The number of hydrogen-bond donors (Lipinski definition) is 0. The van der Waals surface area contributed by atoms with E-state index in [9.17, 15) is 4.79 Å². The Labute approximate surface area is 104 Å². The van der Waals surface area contributed by atoms with E-state index in [0.29, 0.717) is 5.92 Å². The molecule has 0 bridgehead atoms. The first kappa shape index (κ1) is 13.8. The molecule has 0 spiro atoms. The van der Waals surface area contributed by atoms with Crippen LogP contribution in [0.3, 0.4) is 0 Å². The summed E-state index contributed by atoms with van der Waals surface area (Å²) >= 11 is 0. The topological polar surface area (TPSA) is 26.3 Å². The lowest BCUT2D eigenvalue weighted by molar-refractivity contribution is -0.121. The van der Waals surface area contributed by atoms with Crippen molar-refractivity contribution in [2.45, 2.75) is 40.0 Å². The zero-order chi connectivity index (χ0) is 13.1. The maximum Gasteiger partial charge on any atom is 0.139 e. The van der Waals surface area contributed by atoms with Crippen LogP contribution in [0, 0.1) is 5.92 Å². The zero-order valence-electron chi connectivity index (χ0n) is 11.4. The molecule has 94 valence electrons. The number of hydrogen-bond acceptors (Lipinski definition) is 2. The quantitative estimate of drug-likeness (QED) is 0.778. The standard InChI is InChI=1S/C15H22O2/c1-11(2)10-17-14-8-6-13(7-9-14)15(4,5)12(3)16/h6-9,11H,10H2,1-5H3. The highest BCUT2D eigenvalue weighted by molar-refractivity contribution is 5.87. The summed E-state index contributed by atoms with van der Waals surface area (Å²) in [7, 11) is 0. The maximum absolute atomic E-state index is 11.5. The fraction of sp³-hybridized carbons (Fsp3) is 0.533. The average Bonchev–Trinajstić information content (AvgIpc) is 2.26. The second-order valence-electron chi connectivity index (χ2n) is 5.41. The molecule has 0 aromatic heterocycles. The lowest BCUT2D eigenvalue weighted by atomic mass is 9.81. The van der Waals surface area contributed by atoms with Crippen molar-refractivity contribution in [3.63, 3.8) is 0 Å². The molecule has 17 heavy (non-hydrogen) atoms. The monoisotopic (exact) mass is 234 g/mol. The first-order valence-corrected chi connectivity index (χ1v) is 6.08. The van der Waals surface area contributed by atoms with Crippen molar-refractivity contribution >= 4 is 5.78 Å². The lowest BCUT2D eigenvalue weighted by Gasteiger charge is -2.22. The molecule has 2 heteroatoms. The number of rotatable bonds is 5. The van der Waals surface area contributed by atoms with Crippen molar-refractivity contribution < 1.29 is 9.53 Å². The molecule has 1 rings (SSSR count). The minimum absolute atomic E-state index is 0.174. The predicted octanol–water partition coefficient (Wildman–Crippen LogP) is 3.59. The molecule has 1 aromatic rings. The molecule has 0 aliphatic heterocycles. The molecule has 0 unspecified atom stereocenters. The summed E-state index contributed by atoms with van der Waals surface area (Å²) < 4.78 is 5.61. The van der Waals surface area contributed by atoms with Gasteiger partial charge in [0.15, 0.2) is 0 Å². The summed E-state index contributed by atoms with van der Waals surface area (Å²) in [4.78, 5) is 11.5. The Morgan fingerprint density at radius 2 is 1.76 bits per heavy atom. The van der Waals surface area contributed by atoms with Crippen molar-refractivity contribution in [1.29, 1.82) is 0 Å². The van der Waals surface area contributed by atoms with Crippen LogP contribution in [-0.4, -0.2) is 12.4 Å². The molecule has 0 aliphatic carbocycles. The third kappa shape index (κ3) is 3.58. The Hall–Kier alpha value is -1.31. The van der Waals surface area contributed by atoms with E-state index in [-0.39, 0.29) is 5.78 Å². The van der Waals surface area contributed by atoms with Gasteiger partial charge in [-0.3, -0.25) is 4.79 Å². The Morgan fingerprint density at radius 1 is 1.24 bits per heavy atom. The van der Waals surface area contributed by atoms with Crippen LogP contribution in [-0.2, 0) is 10.2 Å². The van der Waals surface area contributed by atoms with Crippen molar-refractivity contribution in [2.24, 2.45) is 5.92 Å². The SMILES string of the molecule is CC(=O)C(C)(C)c1ccc(OCC(C)C)cc1. The number of benzene rings is 1. The summed E-state index contributed by atoms with van der Waals surface area (Å²) in [6.45, 7) is 10.5. The van der Waals surface area contributed by atoms with Crippen LogP contribution in [0.1, 0.15) is 40.2 Å². The molecule has 0 heterocycles. The first-order chi connectivity index (χ1) is 7.84. The number of ketones is 1. The molecule has 1 aromatic carbocycles. The van der Waals surface area contributed by atoms with Gasteiger partial charge in [0.2, 0.25) is 0 Å². The Morgan fingerprint density at radius 3 is 2.18 bits per heavy atom. The van der Waals surface area contributed by atoms with Gasteiger partial charge in [0.05, 0.1) is 6.61 Å². The zero-order valence-corrected chi connectivity index (χ0v) is 11.4. The third-order valence-electron chi connectivity index (χ3n) is 3.04. The van der Waals surface area contributed by atoms with Gasteiger partial charge >= 0.3 is 0 Å². The maximum atomic E-state index is 11.5. The lowest BCUT2D eigenvalue weighted by Crippen LogP contribution is -2.26. The Bertz CT molecular complexity index is 374. The van der Waals surface area contributed by atoms with E-state index < -0.39 is 5.41 Å². The van der Waals surface area contributed by atoms with Gasteiger partial charge in [0.1, 0.15) is 11.5 Å². The van der Waals surface area contributed by atoms with Gasteiger partial charge in [0, 0.05) is 5.41 Å².